The Labute approximate surface area is 129 Å². The second-order valence-electron chi connectivity index (χ2n) is 5.28. The molecule has 1 aromatic heterocycles. The lowest BCUT2D eigenvalue weighted by Crippen LogP contribution is -2.38. The Morgan fingerprint density at radius 1 is 1.41 bits per heavy atom. The molecule has 22 heavy (non-hydrogen) atoms. The number of fused-ring (bicyclic) bond motifs is 1. The van der Waals surface area contributed by atoms with E-state index in [1.807, 2.05) is 38.1 Å². The topological polar surface area (TPSA) is 62.6 Å². The summed E-state index contributed by atoms with van der Waals surface area (Å²) in [6, 6.07) is 7.48. The van der Waals surface area contributed by atoms with E-state index in [1.54, 1.807) is 7.05 Å². The van der Waals surface area contributed by atoms with Crippen LogP contribution in [0.15, 0.2) is 41.3 Å². The van der Waals surface area contributed by atoms with Crippen LogP contribution < -0.4 is 5.32 Å². The van der Waals surface area contributed by atoms with Crippen LogP contribution in [0.25, 0.3) is 11.0 Å². The first kappa shape index (κ1) is 15.8. The molecule has 1 atom stereocenters. The van der Waals surface area contributed by atoms with Crippen LogP contribution >= 0.6 is 0 Å². The minimum absolute atomic E-state index is 0.0194. The van der Waals surface area contributed by atoms with Crippen LogP contribution in [0.4, 0.5) is 0 Å². The third-order valence-electron chi connectivity index (χ3n) is 3.58. The summed E-state index contributed by atoms with van der Waals surface area (Å²) in [7, 11) is 1.56. The van der Waals surface area contributed by atoms with Gasteiger partial charge in [-0.3, -0.25) is 9.59 Å². The molecule has 2 amide bonds. The molecule has 2 aromatic rings. The van der Waals surface area contributed by atoms with Crippen LogP contribution in [0.2, 0.25) is 0 Å². The molecule has 1 aromatic carbocycles. The molecule has 2 rings (SSSR count). The number of carbonyl (C=O) groups is 2. The Morgan fingerprint density at radius 2 is 2.09 bits per heavy atom. The van der Waals surface area contributed by atoms with Crippen molar-refractivity contribution in [3.63, 3.8) is 0 Å². The summed E-state index contributed by atoms with van der Waals surface area (Å²) in [5.74, 6) is 0.194. The minimum atomic E-state index is -0.289. The Balaban J connectivity index is 2.09. The molecule has 0 bridgehead atoms. The summed E-state index contributed by atoms with van der Waals surface area (Å²) in [5.41, 5.74) is 1.81. The maximum absolute atomic E-state index is 12.0. The van der Waals surface area contributed by atoms with Gasteiger partial charge in [-0.05, 0) is 26.0 Å². The fourth-order valence-electron chi connectivity index (χ4n) is 2.41. The third-order valence-corrected chi connectivity index (χ3v) is 3.58. The second kappa shape index (κ2) is 6.47. The Bertz CT molecular complexity index is 718. The molecule has 0 radical (unpaired) electrons. The predicted octanol–water partition coefficient (Wildman–Crippen LogP) is 2.56. The lowest BCUT2D eigenvalue weighted by atomic mass is 10.1. The molecule has 0 saturated carbocycles. The highest BCUT2D eigenvalue weighted by Gasteiger charge is 2.19. The van der Waals surface area contributed by atoms with Crippen molar-refractivity contribution in [2.24, 2.45) is 0 Å². The van der Waals surface area contributed by atoms with Crippen molar-refractivity contribution in [2.75, 3.05) is 13.6 Å². The smallest absolute Gasteiger partial charge is 0.246 e. The van der Waals surface area contributed by atoms with Gasteiger partial charge in [-0.25, -0.2) is 0 Å². The van der Waals surface area contributed by atoms with E-state index in [2.05, 4.69) is 11.9 Å². The van der Waals surface area contributed by atoms with E-state index < -0.39 is 0 Å². The van der Waals surface area contributed by atoms with Crippen molar-refractivity contribution in [3.05, 3.63) is 48.2 Å². The summed E-state index contributed by atoms with van der Waals surface area (Å²) < 4.78 is 5.82. The molecular formula is C17H20N2O3. The minimum Gasteiger partial charge on any atom is -0.459 e. The Kier molecular flexibility index (Phi) is 4.65. The Hall–Kier alpha value is -2.56. The average molecular weight is 300 g/mol. The van der Waals surface area contributed by atoms with Gasteiger partial charge in [0.05, 0.1) is 12.6 Å². The largest absolute Gasteiger partial charge is 0.459 e. The molecule has 0 spiro atoms. The molecule has 0 saturated heterocycles. The van der Waals surface area contributed by atoms with Gasteiger partial charge in [-0.2, -0.15) is 0 Å². The number of hydrogen-bond acceptors (Lipinski definition) is 3. The zero-order valence-corrected chi connectivity index (χ0v) is 13.1. The highest BCUT2D eigenvalue weighted by atomic mass is 16.3. The lowest BCUT2D eigenvalue weighted by Gasteiger charge is -2.17. The van der Waals surface area contributed by atoms with Crippen molar-refractivity contribution in [1.82, 2.24) is 10.2 Å². The van der Waals surface area contributed by atoms with E-state index in [9.17, 15) is 9.59 Å². The summed E-state index contributed by atoms with van der Waals surface area (Å²) in [5, 5.41) is 3.89. The quantitative estimate of drug-likeness (QED) is 0.863. The SMILES string of the molecule is C=CC(=O)N(C)CC(=O)N[C@@H](C)c1oc2ccccc2c1C. The van der Waals surface area contributed by atoms with Crippen LogP contribution in [0, 0.1) is 6.92 Å². The number of carbonyl (C=O) groups excluding carboxylic acids is 2. The van der Waals surface area contributed by atoms with E-state index >= 15 is 0 Å². The number of nitrogens with zero attached hydrogens (tertiary/aromatic N) is 1. The molecule has 5 nitrogen and oxygen atoms in total. The molecule has 0 aliphatic rings. The van der Waals surface area contributed by atoms with Crippen molar-refractivity contribution in [1.29, 1.82) is 0 Å². The fraction of sp³-hybridized carbons (Fsp3) is 0.294. The maximum Gasteiger partial charge on any atom is 0.246 e. The highest BCUT2D eigenvalue weighted by molar-refractivity contribution is 5.90. The van der Waals surface area contributed by atoms with Gasteiger partial charge in [-0.1, -0.05) is 24.8 Å². The summed E-state index contributed by atoms with van der Waals surface area (Å²) in [4.78, 5) is 24.7. The summed E-state index contributed by atoms with van der Waals surface area (Å²) >= 11 is 0. The van der Waals surface area contributed by atoms with Gasteiger partial charge in [0.2, 0.25) is 11.8 Å². The lowest BCUT2D eigenvalue weighted by molar-refractivity contribution is -0.131. The van der Waals surface area contributed by atoms with Gasteiger partial charge >= 0.3 is 0 Å². The van der Waals surface area contributed by atoms with Gasteiger partial charge in [0.1, 0.15) is 11.3 Å². The van der Waals surface area contributed by atoms with E-state index in [0.29, 0.717) is 0 Å². The molecule has 0 aliphatic carbocycles. The first-order chi connectivity index (χ1) is 10.4. The normalized spacial score (nSPS) is 12.0. The van der Waals surface area contributed by atoms with Gasteiger partial charge in [0.25, 0.3) is 0 Å². The number of furan rings is 1. The van der Waals surface area contributed by atoms with Crippen molar-refractivity contribution in [2.45, 2.75) is 19.9 Å². The number of para-hydroxylation sites is 1. The first-order valence-electron chi connectivity index (χ1n) is 7.09. The zero-order valence-electron chi connectivity index (χ0n) is 13.1. The van der Waals surface area contributed by atoms with Crippen molar-refractivity contribution < 1.29 is 14.0 Å². The second-order valence-corrected chi connectivity index (χ2v) is 5.28. The van der Waals surface area contributed by atoms with Crippen LogP contribution in [0.3, 0.4) is 0 Å². The zero-order chi connectivity index (χ0) is 16.3. The van der Waals surface area contributed by atoms with Gasteiger partial charge in [0.15, 0.2) is 0 Å². The number of rotatable bonds is 5. The van der Waals surface area contributed by atoms with Crippen LogP contribution in [-0.2, 0) is 9.59 Å². The van der Waals surface area contributed by atoms with Crippen LogP contribution in [-0.4, -0.2) is 30.3 Å². The number of nitrogens with one attached hydrogen (secondary N) is 1. The van der Waals surface area contributed by atoms with E-state index in [-0.39, 0.29) is 24.4 Å². The predicted molar refractivity (Wildman–Crippen MR) is 85.3 cm³/mol. The highest BCUT2D eigenvalue weighted by Crippen LogP contribution is 2.28. The van der Waals surface area contributed by atoms with E-state index in [1.165, 1.54) is 11.0 Å². The van der Waals surface area contributed by atoms with Crippen molar-refractivity contribution >= 4 is 22.8 Å². The summed E-state index contributed by atoms with van der Waals surface area (Å²) in [6.45, 7) is 7.20. The van der Waals surface area contributed by atoms with Crippen LogP contribution in [0.5, 0.6) is 0 Å². The van der Waals surface area contributed by atoms with Gasteiger partial charge in [0, 0.05) is 18.0 Å². The number of hydrogen-bond donors (Lipinski definition) is 1. The monoisotopic (exact) mass is 300 g/mol. The number of aryl methyl sites for hydroxylation is 1. The molecule has 0 unspecified atom stereocenters. The first-order valence-corrected chi connectivity index (χ1v) is 7.09. The Morgan fingerprint density at radius 3 is 2.73 bits per heavy atom. The van der Waals surface area contributed by atoms with Crippen molar-refractivity contribution in [3.8, 4) is 0 Å². The molecule has 1 heterocycles. The molecule has 0 fully saturated rings. The van der Waals surface area contributed by atoms with Crippen LogP contribution in [0.1, 0.15) is 24.3 Å². The molecule has 0 aliphatic heterocycles. The summed E-state index contributed by atoms with van der Waals surface area (Å²) in [6.07, 6.45) is 1.18. The average Bonchev–Trinajstić information content (AvgIpc) is 2.84. The third kappa shape index (κ3) is 3.19. The maximum atomic E-state index is 12.0. The molecule has 5 heteroatoms. The number of likely N-dealkylation sites (N-methyl/N-ethyl adjacent to an activating group) is 1. The van der Waals surface area contributed by atoms with Gasteiger partial charge < -0.3 is 14.6 Å². The van der Waals surface area contributed by atoms with E-state index in [0.717, 1.165) is 22.3 Å². The fourth-order valence-corrected chi connectivity index (χ4v) is 2.41. The van der Waals surface area contributed by atoms with E-state index in [4.69, 9.17) is 4.42 Å². The molecular weight excluding hydrogens is 280 g/mol. The molecule has 1 N–H and O–H groups in total. The standard InChI is InChI=1S/C17H20N2O3/c1-5-16(21)19(4)10-15(20)18-12(3)17-11(2)13-8-6-7-9-14(13)22-17/h5-9,12H,1,10H2,2-4H3,(H,18,20)/t12-/m0/s1. The number of benzene rings is 1. The molecule has 116 valence electrons. The van der Waals surface area contributed by atoms with Gasteiger partial charge in [-0.15, -0.1) is 0 Å². The number of amides is 2.